The van der Waals surface area contributed by atoms with Gasteiger partial charge in [0.2, 0.25) is 0 Å². The summed E-state index contributed by atoms with van der Waals surface area (Å²) in [7, 11) is 1.05. The van der Waals surface area contributed by atoms with Crippen LogP contribution < -0.4 is 9.47 Å². The number of hydrogen-bond acceptors (Lipinski definition) is 8. The molecule has 0 aliphatic heterocycles. The molecule has 4 rings (SSSR count). The van der Waals surface area contributed by atoms with E-state index in [1.54, 1.807) is 63.4 Å². The molecular formula is C25H32N4O5S. The maximum atomic E-state index is 13.6. The molecule has 0 spiro atoms. The second-order valence-electron chi connectivity index (χ2n) is 8.94. The van der Waals surface area contributed by atoms with Crippen molar-refractivity contribution >= 4 is 9.84 Å². The Hall–Kier alpha value is -2.98. The highest BCUT2D eigenvalue weighted by Gasteiger charge is 2.39. The van der Waals surface area contributed by atoms with Gasteiger partial charge >= 0.3 is 0 Å². The first-order chi connectivity index (χ1) is 16.8. The van der Waals surface area contributed by atoms with Crippen molar-refractivity contribution < 1.29 is 22.6 Å². The van der Waals surface area contributed by atoms with Crippen LogP contribution in [0, 0.1) is 12.8 Å². The van der Waals surface area contributed by atoms with E-state index in [-0.39, 0.29) is 23.6 Å². The summed E-state index contributed by atoms with van der Waals surface area (Å²) < 4.78 is 45.8. The molecule has 2 heterocycles. The number of benzene rings is 1. The van der Waals surface area contributed by atoms with Crippen LogP contribution in [-0.4, -0.2) is 60.8 Å². The van der Waals surface area contributed by atoms with Crippen molar-refractivity contribution in [1.82, 2.24) is 19.7 Å². The van der Waals surface area contributed by atoms with E-state index in [0.29, 0.717) is 28.6 Å². The number of aryl methyl sites for hydroxylation is 1. The Balaban J connectivity index is 1.85. The summed E-state index contributed by atoms with van der Waals surface area (Å²) in [5.74, 6) is 1.66. The highest BCUT2D eigenvalue weighted by Crippen LogP contribution is 2.38. The predicted octanol–water partition coefficient (Wildman–Crippen LogP) is 3.77. The van der Waals surface area contributed by atoms with Gasteiger partial charge in [0.1, 0.15) is 22.9 Å². The van der Waals surface area contributed by atoms with Crippen LogP contribution in [0.15, 0.2) is 36.7 Å². The third-order valence-corrected chi connectivity index (χ3v) is 8.80. The Labute approximate surface area is 206 Å². The van der Waals surface area contributed by atoms with Crippen molar-refractivity contribution in [3.05, 3.63) is 48.0 Å². The molecule has 1 aromatic carbocycles. The number of aromatic nitrogens is 4. The summed E-state index contributed by atoms with van der Waals surface area (Å²) in [5.41, 5.74) is 2.17. The summed E-state index contributed by atoms with van der Waals surface area (Å²) in [6.45, 7) is 3.65. The molecule has 35 heavy (non-hydrogen) atoms. The van der Waals surface area contributed by atoms with Crippen LogP contribution in [0.25, 0.3) is 17.1 Å². The van der Waals surface area contributed by atoms with Crippen LogP contribution in [0.2, 0.25) is 0 Å². The fraction of sp³-hybridized carbons (Fsp3) is 0.480. The maximum Gasteiger partial charge on any atom is 0.170 e. The number of rotatable bonds is 10. The second-order valence-corrected chi connectivity index (χ2v) is 11.3. The minimum Gasteiger partial charge on any atom is -0.494 e. The molecule has 1 aliphatic rings. The summed E-state index contributed by atoms with van der Waals surface area (Å²) in [5, 5.41) is 8.04. The smallest absolute Gasteiger partial charge is 0.170 e. The van der Waals surface area contributed by atoms with Gasteiger partial charge in [-0.05, 0) is 56.4 Å². The minimum absolute atomic E-state index is 0.255. The number of pyridine rings is 1. The van der Waals surface area contributed by atoms with Crippen molar-refractivity contribution in [2.75, 3.05) is 21.3 Å². The lowest BCUT2D eigenvalue weighted by Crippen LogP contribution is -2.42. The van der Waals surface area contributed by atoms with Gasteiger partial charge in [-0.3, -0.25) is 9.55 Å². The van der Waals surface area contributed by atoms with E-state index in [4.69, 9.17) is 14.2 Å². The summed E-state index contributed by atoms with van der Waals surface area (Å²) in [6, 6.07) is 7.30. The lowest BCUT2D eigenvalue weighted by Gasteiger charge is -2.36. The van der Waals surface area contributed by atoms with Crippen LogP contribution >= 0.6 is 0 Å². The molecule has 188 valence electrons. The van der Waals surface area contributed by atoms with E-state index in [1.807, 2.05) is 13.0 Å². The van der Waals surface area contributed by atoms with Crippen molar-refractivity contribution in [2.45, 2.75) is 50.2 Å². The maximum absolute atomic E-state index is 13.6. The lowest BCUT2D eigenvalue weighted by atomic mass is 9.80. The first-order valence-electron chi connectivity index (χ1n) is 11.6. The quantitative estimate of drug-likeness (QED) is 0.414. The fourth-order valence-corrected chi connectivity index (χ4v) is 6.16. The first-order valence-corrected chi connectivity index (χ1v) is 13.3. The van der Waals surface area contributed by atoms with Gasteiger partial charge in [-0.25, -0.2) is 8.42 Å². The Kier molecular flexibility index (Phi) is 7.42. The zero-order valence-corrected chi connectivity index (χ0v) is 21.6. The third kappa shape index (κ3) is 4.90. The molecule has 1 saturated carbocycles. The van der Waals surface area contributed by atoms with E-state index < -0.39 is 15.1 Å². The first kappa shape index (κ1) is 25.1. The van der Waals surface area contributed by atoms with Crippen LogP contribution in [0.5, 0.6) is 11.5 Å². The Morgan fingerprint density at radius 2 is 1.77 bits per heavy atom. The second kappa shape index (κ2) is 10.3. The van der Waals surface area contributed by atoms with Crippen LogP contribution in [-0.2, 0) is 20.3 Å². The van der Waals surface area contributed by atoms with E-state index >= 15 is 0 Å². The fourth-order valence-electron chi connectivity index (χ4n) is 4.61. The molecule has 0 amide bonds. The van der Waals surface area contributed by atoms with Gasteiger partial charge in [0.25, 0.3) is 0 Å². The Morgan fingerprint density at radius 1 is 1.09 bits per heavy atom. The van der Waals surface area contributed by atoms with Gasteiger partial charge in [0.05, 0.1) is 25.6 Å². The normalized spacial score (nSPS) is 15.9. The van der Waals surface area contributed by atoms with E-state index in [2.05, 4.69) is 15.2 Å². The van der Waals surface area contributed by atoms with Crippen molar-refractivity contribution in [1.29, 1.82) is 0 Å². The number of hydrogen-bond donors (Lipinski definition) is 0. The molecule has 0 bridgehead atoms. The Morgan fingerprint density at radius 3 is 2.31 bits per heavy atom. The predicted molar refractivity (Wildman–Crippen MR) is 133 cm³/mol. The van der Waals surface area contributed by atoms with Crippen molar-refractivity contribution in [3.63, 3.8) is 0 Å². The zero-order chi connectivity index (χ0) is 25.2. The molecule has 2 aromatic heterocycles. The number of para-hydroxylation sites is 1. The summed E-state index contributed by atoms with van der Waals surface area (Å²) in [6.07, 6.45) is 6.13. The molecule has 0 radical (unpaired) electrons. The number of methoxy groups -OCH3 is 3. The molecule has 0 unspecified atom stereocenters. The topological polar surface area (TPSA) is 105 Å². The number of ether oxygens (including phenoxy) is 3. The van der Waals surface area contributed by atoms with E-state index in [0.717, 1.165) is 24.8 Å². The molecule has 0 saturated heterocycles. The molecule has 10 heteroatoms. The molecule has 1 fully saturated rings. The highest BCUT2D eigenvalue weighted by atomic mass is 32.2. The molecule has 9 nitrogen and oxygen atoms in total. The molecule has 1 aliphatic carbocycles. The standard InChI is InChI=1S/C25H32N4O5S/c1-16-12-19(14-26-13-16)25-28-27-22(29(25)23-20(32-3)10-7-11-21(23)33-4)15-35(30,31)17(2)24(34-5)18-8-6-9-18/h7,10-14,17-18,24H,6,8-9,15H2,1-5H3/t17-,24-/m0/s1. The van der Waals surface area contributed by atoms with Gasteiger partial charge in [-0.2, -0.15) is 0 Å². The molecule has 0 N–H and O–H groups in total. The van der Waals surface area contributed by atoms with E-state index in [1.165, 1.54) is 0 Å². The van der Waals surface area contributed by atoms with Gasteiger partial charge in [0, 0.05) is 25.1 Å². The summed E-state index contributed by atoms with van der Waals surface area (Å²) >= 11 is 0. The molecule has 2 atom stereocenters. The lowest BCUT2D eigenvalue weighted by molar-refractivity contribution is 0.0193. The largest absolute Gasteiger partial charge is 0.494 e. The third-order valence-electron chi connectivity index (χ3n) is 6.73. The summed E-state index contributed by atoms with van der Waals surface area (Å²) in [4.78, 5) is 4.28. The average molecular weight is 501 g/mol. The number of sulfone groups is 1. The van der Waals surface area contributed by atoms with Crippen molar-refractivity contribution in [3.8, 4) is 28.6 Å². The van der Waals surface area contributed by atoms with Gasteiger partial charge in [-0.1, -0.05) is 12.5 Å². The van der Waals surface area contributed by atoms with Gasteiger partial charge < -0.3 is 14.2 Å². The van der Waals surface area contributed by atoms with Gasteiger partial charge in [0.15, 0.2) is 21.5 Å². The van der Waals surface area contributed by atoms with Crippen LogP contribution in [0.1, 0.15) is 37.6 Å². The zero-order valence-electron chi connectivity index (χ0n) is 20.8. The molecular weight excluding hydrogens is 468 g/mol. The van der Waals surface area contributed by atoms with Crippen LogP contribution in [0.4, 0.5) is 0 Å². The van der Waals surface area contributed by atoms with Gasteiger partial charge in [-0.15, -0.1) is 10.2 Å². The minimum atomic E-state index is -3.64. The average Bonchev–Trinajstić information content (AvgIpc) is 3.22. The van der Waals surface area contributed by atoms with E-state index in [9.17, 15) is 8.42 Å². The highest BCUT2D eigenvalue weighted by molar-refractivity contribution is 7.91. The Bertz CT molecular complexity index is 1260. The molecule has 3 aromatic rings. The SMILES string of the molecule is COc1cccc(OC)c1-n1c(CS(=O)(=O)[C@@H](C)[C@H](OC)C2CCC2)nnc1-c1cncc(C)c1. The van der Waals surface area contributed by atoms with Crippen LogP contribution in [0.3, 0.4) is 0 Å². The monoisotopic (exact) mass is 500 g/mol. The van der Waals surface area contributed by atoms with Crippen molar-refractivity contribution in [2.24, 2.45) is 5.92 Å². The number of nitrogens with zero attached hydrogens (tertiary/aromatic N) is 4.